The van der Waals surface area contributed by atoms with E-state index in [1.807, 2.05) is 18.2 Å². The van der Waals surface area contributed by atoms with Gasteiger partial charge in [-0.15, -0.1) is 0 Å². The number of hydrogen-bond donors (Lipinski definition) is 2. The molecule has 2 fully saturated rings. The van der Waals surface area contributed by atoms with Crippen molar-refractivity contribution in [3.05, 3.63) is 59.4 Å². The fraction of sp³-hybridized carbons (Fsp3) is 0.519. The van der Waals surface area contributed by atoms with Crippen LogP contribution in [-0.2, 0) is 11.0 Å². The fourth-order valence-electron chi connectivity index (χ4n) is 5.10. The minimum Gasteiger partial charge on any atom is -0.353 e. The molecule has 0 spiro atoms. The van der Waals surface area contributed by atoms with E-state index < -0.39 is 17.8 Å². The molecule has 2 amide bonds. The van der Waals surface area contributed by atoms with E-state index in [1.54, 1.807) is 6.07 Å². The van der Waals surface area contributed by atoms with Gasteiger partial charge >= 0.3 is 6.18 Å². The van der Waals surface area contributed by atoms with Gasteiger partial charge in [-0.2, -0.15) is 13.2 Å². The summed E-state index contributed by atoms with van der Waals surface area (Å²) in [7, 11) is 0. The molecule has 2 aliphatic rings. The van der Waals surface area contributed by atoms with Crippen molar-refractivity contribution in [1.29, 1.82) is 0 Å². The third-order valence-corrected chi connectivity index (χ3v) is 7.34. The number of nitrogens with one attached hydrogen (secondary N) is 2. The van der Waals surface area contributed by atoms with Crippen LogP contribution in [-0.4, -0.2) is 40.8 Å². The Morgan fingerprint density at radius 1 is 1.03 bits per heavy atom. The molecule has 1 aromatic carbocycles. The van der Waals surface area contributed by atoms with E-state index in [1.165, 1.54) is 19.3 Å². The molecule has 1 aromatic heterocycles. The lowest BCUT2D eigenvalue weighted by atomic mass is 9.91. The van der Waals surface area contributed by atoms with E-state index in [2.05, 4.69) is 27.4 Å². The highest BCUT2D eigenvalue weighted by Gasteiger charge is 2.32. The minimum absolute atomic E-state index is 0.0510. The number of halogens is 3. The van der Waals surface area contributed by atoms with Gasteiger partial charge in [0.25, 0.3) is 5.91 Å². The number of rotatable bonds is 6. The molecule has 9 heteroatoms. The van der Waals surface area contributed by atoms with E-state index in [-0.39, 0.29) is 23.4 Å². The molecule has 2 aromatic rings. The Kier molecular flexibility index (Phi) is 8.28. The molecular formula is C27H33F3N4O2. The van der Waals surface area contributed by atoms with Crippen molar-refractivity contribution in [3.8, 4) is 0 Å². The number of carbonyl (C=O) groups excluding carboxylic acids is 2. The zero-order valence-electron chi connectivity index (χ0n) is 20.5. The normalized spacial score (nSPS) is 19.0. The number of aromatic nitrogens is 1. The molecule has 2 N–H and O–H groups in total. The third kappa shape index (κ3) is 6.63. The van der Waals surface area contributed by atoms with Gasteiger partial charge < -0.3 is 10.6 Å². The van der Waals surface area contributed by atoms with Gasteiger partial charge in [0.15, 0.2) is 0 Å². The summed E-state index contributed by atoms with van der Waals surface area (Å²) in [6.45, 7) is 3.73. The molecule has 194 valence electrons. The molecule has 4 rings (SSSR count). The number of pyridine rings is 1. The van der Waals surface area contributed by atoms with E-state index in [0.29, 0.717) is 11.7 Å². The number of benzene rings is 1. The predicted molar refractivity (Wildman–Crippen MR) is 131 cm³/mol. The van der Waals surface area contributed by atoms with Gasteiger partial charge in [0.2, 0.25) is 5.91 Å². The smallest absolute Gasteiger partial charge is 0.353 e. The molecular weight excluding hydrogens is 469 g/mol. The quantitative estimate of drug-likeness (QED) is 0.541. The first-order chi connectivity index (χ1) is 17.2. The Bertz CT molecular complexity index is 1040. The molecule has 1 atom stereocenters. The maximum atomic E-state index is 12.7. The number of hydrogen-bond acceptors (Lipinski definition) is 4. The first-order valence-electron chi connectivity index (χ1n) is 12.7. The second kappa shape index (κ2) is 11.4. The zero-order valence-corrected chi connectivity index (χ0v) is 20.5. The van der Waals surface area contributed by atoms with Gasteiger partial charge in [-0.25, -0.2) is 0 Å². The van der Waals surface area contributed by atoms with E-state index in [0.717, 1.165) is 62.7 Å². The third-order valence-electron chi connectivity index (χ3n) is 7.34. The number of anilines is 1. The highest BCUT2D eigenvalue weighted by atomic mass is 19.4. The van der Waals surface area contributed by atoms with Crippen LogP contribution in [0.15, 0.2) is 42.6 Å². The van der Waals surface area contributed by atoms with Crippen LogP contribution in [0.4, 0.5) is 18.9 Å². The first kappa shape index (κ1) is 26.1. The van der Waals surface area contributed by atoms with Crippen LogP contribution in [0.1, 0.15) is 79.5 Å². The van der Waals surface area contributed by atoms with Crippen LogP contribution < -0.4 is 10.6 Å². The van der Waals surface area contributed by atoms with Crippen LogP contribution in [0.2, 0.25) is 0 Å². The number of alkyl halides is 3. The van der Waals surface area contributed by atoms with Crippen molar-refractivity contribution in [1.82, 2.24) is 15.2 Å². The number of nitrogens with zero attached hydrogens (tertiary/aromatic N) is 2. The SMILES string of the molecule is CC(c1cccc(NC(=O)c2ccc(C(F)(F)F)nc2)c1)N1CCC(C(=O)NC2CCCCC2)CC1. The van der Waals surface area contributed by atoms with E-state index in [4.69, 9.17) is 0 Å². The Morgan fingerprint density at radius 2 is 1.75 bits per heavy atom. The molecule has 1 aliphatic carbocycles. The van der Waals surface area contributed by atoms with Crippen molar-refractivity contribution in [2.75, 3.05) is 18.4 Å². The van der Waals surface area contributed by atoms with Crippen LogP contribution in [0.25, 0.3) is 0 Å². The minimum atomic E-state index is -4.55. The van der Waals surface area contributed by atoms with Crippen LogP contribution in [0.5, 0.6) is 0 Å². The van der Waals surface area contributed by atoms with Crippen molar-refractivity contribution in [2.24, 2.45) is 5.92 Å². The van der Waals surface area contributed by atoms with E-state index in [9.17, 15) is 22.8 Å². The van der Waals surface area contributed by atoms with Crippen molar-refractivity contribution < 1.29 is 22.8 Å². The Hall–Kier alpha value is -2.94. The molecule has 0 radical (unpaired) electrons. The van der Waals surface area contributed by atoms with Gasteiger partial charge in [0.05, 0.1) is 5.56 Å². The summed E-state index contributed by atoms with van der Waals surface area (Å²) in [5.74, 6) is -0.277. The lowest BCUT2D eigenvalue weighted by molar-refractivity contribution is -0.141. The second-order valence-corrected chi connectivity index (χ2v) is 9.84. The number of piperidine rings is 1. The summed E-state index contributed by atoms with van der Waals surface area (Å²) < 4.78 is 38.1. The van der Waals surface area contributed by atoms with Gasteiger partial charge in [-0.3, -0.25) is 19.5 Å². The Morgan fingerprint density at radius 3 is 2.39 bits per heavy atom. The maximum absolute atomic E-state index is 12.7. The average Bonchev–Trinajstić information content (AvgIpc) is 2.88. The van der Waals surface area contributed by atoms with Gasteiger partial charge in [-0.05, 0) is 75.5 Å². The predicted octanol–water partition coefficient (Wildman–Crippen LogP) is 5.57. The average molecular weight is 503 g/mol. The van der Waals surface area contributed by atoms with Crippen LogP contribution in [0.3, 0.4) is 0 Å². The van der Waals surface area contributed by atoms with Gasteiger partial charge in [0.1, 0.15) is 5.69 Å². The highest BCUT2D eigenvalue weighted by Crippen LogP contribution is 2.29. The molecule has 1 unspecified atom stereocenters. The molecule has 1 saturated heterocycles. The monoisotopic (exact) mass is 502 g/mol. The summed E-state index contributed by atoms with van der Waals surface area (Å²) >= 11 is 0. The molecule has 1 aliphatic heterocycles. The van der Waals surface area contributed by atoms with Crippen LogP contribution >= 0.6 is 0 Å². The zero-order chi connectivity index (χ0) is 25.7. The first-order valence-corrected chi connectivity index (χ1v) is 12.7. The summed E-state index contributed by atoms with van der Waals surface area (Å²) in [5.41, 5.74) is 0.592. The molecule has 36 heavy (non-hydrogen) atoms. The molecule has 2 heterocycles. The van der Waals surface area contributed by atoms with Gasteiger partial charge in [0, 0.05) is 29.9 Å². The largest absolute Gasteiger partial charge is 0.433 e. The summed E-state index contributed by atoms with van der Waals surface area (Å²) in [6.07, 6.45) is 3.85. The lowest BCUT2D eigenvalue weighted by Gasteiger charge is -2.36. The van der Waals surface area contributed by atoms with E-state index >= 15 is 0 Å². The molecule has 6 nitrogen and oxygen atoms in total. The van der Waals surface area contributed by atoms with Crippen molar-refractivity contribution >= 4 is 17.5 Å². The summed E-state index contributed by atoms with van der Waals surface area (Å²) in [6, 6.07) is 9.80. The lowest BCUT2D eigenvalue weighted by Crippen LogP contribution is -2.44. The highest BCUT2D eigenvalue weighted by molar-refractivity contribution is 6.04. The second-order valence-electron chi connectivity index (χ2n) is 9.84. The van der Waals surface area contributed by atoms with Crippen LogP contribution in [0, 0.1) is 5.92 Å². The molecule has 0 bridgehead atoms. The maximum Gasteiger partial charge on any atom is 0.433 e. The molecule has 1 saturated carbocycles. The van der Waals surface area contributed by atoms with Crippen molar-refractivity contribution in [3.63, 3.8) is 0 Å². The Labute approximate surface area is 209 Å². The summed E-state index contributed by atoms with van der Waals surface area (Å²) in [5, 5.41) is 6.00. The van der Waals surface area contributed by atoms with Gasteiger partial charge in [-0.1, -0.05) is 31.4 Å². The topological polar surface area (TPSA) is 74.3 Å². The number of likely N-dealkylation sites (tertiary alicyclic amines) is 1. The number of amides is 2. The Balaban J connectivity index is 1.31. The standard InChI is InChI=1S/C27H33F3N4O2/c1-18(34-14-12-19(13-15-34)25(35)32-22-7-3-2-4-8-22)20-6-5-9-23(16-20)33-26(36)21-10-11-24(31-17-21)27(28,29)30/h5-6,9-11,16-19,22H,2-4,7-8,12-15H2,1H3,(H,32,35)(H,33,36). The number of carbonyl (C=O) groups is 2. The van der Waals surface area contributed by atoms with Crippen molar-refractivity contribution in [2.45, 2.75) is 70.1 Å². The fourth-order valence-corrected chi connectivity index (χ4v) is 5.10. The summed E-state index contributed by atoms with van der Waals surface area (Å²) in [4.78, 5) is 30.9.